The zero-order chi connectivity index (χ0) is 17.2. The van der Waals surface area contributed by atoms with Crippen LogP contribution in [0.1, 0.15) is 32.0 Å². The average Bonchev–Trinajstić information content (AvgIpc) is 3.32. The molecular weight excluding hydrogens is 318 g/mol. The highest BCUT2D eigenvalue weighted by Crippen LogP contribution is 2.25. The molecule has 0 saturated carbocycles. The van der Waals surface area contributed by atoms with Crippen molar-refractivity contribution in [1.82, 2.24) is 20.1 Å². The zero-order valence-corrected chi connectivity index (χ0v) is 14.4. The number of carbonyl (C=O) groups is 1. The molecule has 0 aliphatic carbocycles. The number of nitrogens with zero attached hydrogens (tertiary/aromatic N) is 3. The third kappa shape index (κ3) is 3.37. The Morgan fingerprint density at radius 2 is 2.28 bits per heavy atom. The van der Waals surface area contributed by atoms with Crippen LogP contribution < -0.4 is 10.6 Å². The van der Waals surface area contributed by atoms with Crippen molar-refractivity contribution in [2.75, 3.05) is 11.9 Å². The topological polar surface area (TPSA) is 81.1 Å². The smallest absolute Gasteiger partial charge is 0.319 e. The Labute approximate surface area is 146 Å². The molecule has 1 aromatic carbocycles. The van der Waals surface area contributed by atoms with Gasteiger partial charge in [-0.25, -0.2) is 4.79 Å². The van der Waals surface area contributed by atoms with Crippen LogP contribution in [0.2, 0.25) is 0 Å². The molecule has 0 bridgehead atoms. The van der Waals surface area contributed by atoms with E-state index in [0.717, 1.165) is 61.7 Å². The van der Waals surface area contributed by atoms with Gasteiger partial charge < -0.3 is 19.9 Å². The molecule has 132 valence electrons. The average molecular weight is 341 g/mol. The van der Waals surface area contributed by atoms with E-state index in [9.17, 15) is 4.79 Å². The minimum atomic E-state index is -0.216. The van der Waals surface area contributed by atoms with Gasteiger partial charge in [-0.15, -0.1) is 10.2 Å². The number of benzene rings is 1. The number of urea groups is 1. The third-order valence-electron chi connectivity index (χ3n) is 4.87. The number of fused-ring (bicyclic) bond motifs is 1. The monoisotopic (exact) mass is 341 g/mol. The maximum absolute atomic E-state index is 12.3. The maximum Gasteiger partial charge on any atom is 0.319 e. The minimum Gasteiger partial charge on any atom is -0.376 e. The van der Waals surface area contributed by atoms with Crippen LogP contribution in [-0.2, 0) is 17.7 Å². The lowest BCUT2D eigenvalue weighted by Gasteiger charge is -2.20. The van der Waals surface area contributed by atoms with E-state index in [1.807, 2.05) is 31.2 Å². The van der Waals surface area contributed by atoms with Crippen molar-refractivity contribution in [1.29, 1.82) is 0 Å². The number of rotatable bonds is 4. The van der Waals surface area contributed by atoms with Gasteiger partial charge in [-0.2, -0.15) is 0 Å². The first-order valence-corrected chi connectivity index (χ1v) is 8.92. The van der Waals surface area contributed by atoms with E-state index in [-0.39, 0.29) is 18.2 Å². The maximum atomic E-state index is 12.3. The normalized spacial score (nSPS) is 20.3. The van der Waals surface area contributed by atoms with Gasteiger partial charge in [-0.1, -0.05) is 12.1 Å². The first-order valence-electron chi connectivity index (χ1n) is 8.92. The van der Waals surface area contributed by atoms with Crippen molar-refractivity contribution in [2.45, 2.75) is 51.3 Å². The lowest BCUT2D eigenvalue weighted by molar-refractivity contribution is 0.0868. The van der Waals surface area contributed by atoms with E-state index in [1.54, 1.807) is 0 Å². The molecule has 2 aliphatic rings. The summed E-state index contributed by atoms with van der Waals surface area (Å²) in [5.41, 5.74) is 1.70. The van der Waals surface area contributed by atoms with Crippen molar-refractivity contribution in [2.24, 2.45) is 0 Å². The van der Waals surface area contributed by atoms with Crippen molar-refractivity contribution in [3.8, 4) is 11.4 Å². The van der Waals surface area contributed by atoms with Gasteiger partial charge in [0.1, 0.15) is 5.82 Å². The van der Waals surface area contributed by atoms with Crippen molar-refractivity contribution >= 4 is 11.7 Å². The van der Waals surface area contributed by atoms with E-state index < -0.39 is 0 Å². The number of hydrogen-bond acceptors (Lipinski definition) is 4. The molecule has 1 fully saturated rings. The van der Waals surface area contributed by atoms with Crippen LogP contribution in [0.25, 0.3) is 11.4 Å². The summed E-state index contributed by atoms with van der Waals surface area (Å²) >= 11 is 0. The third-order valence-corrected chi connectivity index (χ3v) is 4.87. The Balaban J connectivity index is 1.43. The number of aromatic nitrogens is 3. The molecule has 1 aromatic heterocycles. The Morgan fingerprint density at radius 3 is 3.12 bits per heavy atom. The van der Waals surface area contributed by atoms with Gasteiger partial charge in [0.05, 0.1) is 12.1 Å². The molecule has 4 rings (SSSR count). The Kier molecular flexibility index (Phi) is 4.40. The van der Waals surface area contributed by atoms with Crippen molar-refractivity contribution in [3.63, 3.8) is 0 Å². The van der Waals surface area contributed by atoms with Gasteiger partial charge in [-0.05, 0) is 38.3 Å². The van der Waals surface area contributed by atoms with E-state index in [4.69, 9.17) is 4.74 Å². The van der Waals surface area contributed by atoms with Crippen molar-refractivity contribution < 1.29 is 9.53 Å². The molecule has 0 radical (unpaired) electrons. The van der Waals surface area contributed by atoms with Gasteiger partial charge >= 0.3 is 6.03 Å². The number of aryl methyl sites for hydroxylation is 1. The van der Waals surface area contributed by atoms with Crippen LogP contribution >= 0.6 is 0 Å². The fourth-order valence-electron chi connectivity index (χ4n) is 3.56. The van der Waals surface area contributed by atoms with E-state index >= 15 is 0 Å². The van der Waals surface area contributed by atoms with Crippen LogP contribution in [0.15, 0.2) is 24.3 Å². The number of nitrogens with one attached hydrogen (secondary N) is 2. The molecule has 25 heavy (non-hydrogen) atoms. The molecule has 2 amide bonds. The molecule has 7 heteroatoms. The summed E-state index contributed by atoms with van der Waals surface area (Å²) in [4.78, 5) is 12.3. The van der Waals surface area contributed by atoms with Crippen LogP contribution in [0.3, 0.4) is 0 Å². The molecule has 2 aliphatic heterocycles. The molecule has 2 N–H and O–H groups in total. The van der Waals surface area contributed by atoms with E-state index in [1.165, 1.54) is 0 Å². The lowest BCUT2D eigenvalue weighted by atomic mass is 10.1. The second kappa shape index (κ2) is 6.84. The van der Waals surface area contributed by atoms with Gasteiger partial charge in [0, 0.05) is 30.8 Å². The lowest BCUT2D eigenvalue weighted by Crippen LogP contribution is -2.42. The molecule has 2 aromatic rings. The van der Waals surface area contributed by atoms with E-state index in [0.29, 0.717) is 0 Å². The van der Waals surface area contributed by atoms with Gasteiger partial charge in [0.2, 0.25) is 0 Å². The number of ether oxygens (including phenoxy) is 1. The number of carbonyl (C=O) groups excluding carboxylic acids is 1. The summed E-state index contributed by atoms with van der Waals surface area (Å²) in [5.74, 6) is 1.90. The SMILES string of the molecule is C[C@@H](NC(=O)Nc1cccc(-c2nnc3n2CCC3)c1)[C@@H]1CCCO1. The van der Waals surface area contributed by atoms with Crippen molar-refractivity contribution in [3.05, 3.63) is 30.1 Å². The fourth-order valence-corrected chi connectivity index (χ4v) is 3.56. The summed E-state index contributed by atoms with van der Waals surface area (Å²) in [6.45, 7) is 3.71. The molecular formula is C18H23N5O2. The first kappa shape index (κ1) is 16.1. The summed E-state index contributed by atoms with van der Waals surface area (Å²) < 4.78 is 7.77. The molecule has 0 unspecified atom stereocenters. The predicted octanol–water partition coefficient (Wildman–Crippen LogP) is 2.58. The van der Waals surface area contributed by atoms with Crippen LogP contribution in [0, 0.1) is 0 Å². The highest BCUT2D eigenvalue weighted by atomic mass is 16.5. The summed E-state index contributed by atoms with van der Waals surface area (Å²) in [6, 6.07) is 7.50. The van der Waals surface area contributed by atoms with Crippen LogP contribution in [-0.4, -0.2) is 39.5 Å². The fraction of sp³-hybridized carbons (Fsp3) is 0.500. The minimum absolute atomic E-state index is 0.00884. The number of amides is 2. The molecule has 0 spiro atoms. The summed E-state index contributed by atoms with van der Waals surface area (Å²) in [6.07, 6.45) is 4.25. The molecule has 7 nitrogen and oxygen atoms in total. The second-order valence-corrected chi connectivity index (χ2v) is 6.71. The molecule has 2 atom stereocenters. The molecule has 3 heterocycles. The largest absolute Gasteiger partial charge is 0.376 e. The Morgan fingerprint density at radius 1 is 1.36 bits per heavy atom. The highest BCUT2D eigenvalue weighted by molar-refractivity contribution is 5.90. The predicted molar refractivity (Wildman–Crippen MR) is 94.4 cm³/mol. The summed E-state index contributed by atoms with van der Waals surface area (Å²) in [7, 11) is 0. The van der Waals surface area contributed by atoms with Gasteiger partial charge in [-0.3, -0.25) is 0 Å². The summed E-state index contributed by atoms with van der Waals surface area (Å²) in [5, 5.41) is 14.4. The Bertz CT molecular complexity index is 767. The Hall–Kier alpha value is -2.41. The van der Waals surface area contributed by atoms with Gasteiger partial charge in [0.25, 0.3) is 0 Å². The van der Waals surface area contributed by atoms with Crippen LogP contribution in [0.4, 0.5) is 10.5 Å². The number of hydrogen-bond donors (Lipinski definition) is 2. The zero-order valence-electron chi connectivity index (χ0n) is 14.4. The van der Waals surface area contributed by atoms with E-state index in [2.05, 4.69) is 25.4 Å². The van der Waals surface area contributed by atoms with Crippen LogP contribution in [0.5, 0.6) is 0 Å². The second-order valence-electron chi connectivity index (χ2n) is 6.71. The highest BCUT2D eigenvalue weighted by Gasteiger charge is 2.24. The molecule has 1 saturated heterocycles. The quantitative estimate of drug-likeness (QED) is 0.896. The number of anilines is 1. The first-order chi connectivity index (χ1) is 12.2. The standard InChI is InChI=1S/C18H23N5O2/c1-12(15-7-4-10-25-15)19-18(24)20-14-6-2-5-13(11-14)17-22-21-16-8-3-9-23(16)17/h2,5-6,11-12,15H,3-4,7-10H2,1H3,(H2,19,20,24)/t12-,15+/m1/s1. The van der Waals surface area contributed by atoms with Gasteiger partial charge in [0.15, 0.2) is 5.82 Å².